The number of nitrogens with one attached hydrogen (secondary N) is 1. The van der Waals surface area contributed by atoms with E-state index in [9.17, 15) is 0 Å². The van der Waals surface area contributed by atoms with Crippen molar-refractivity contribution in [2.24, 2.45) is 0 Å². The van der Waals surface area contributed by atoms with Crippen LogP contribution in [0.2, 0.25) is 0 Å². The van der Waals surface area contributed by atoms with Crippen molar-refractivity contribution in [1.82, 2.24) is 10.3 Å². The van der Waals surface area contributed by atoms with Crippen molar-refractivity contribution in [3.63, 3.8) is 0 Å². The number of nitrogens with zero attached hydrogens (tertiary/aromatic N) is 2. The Morgan fingerprint density at radius 1 is 1.40 bits per heavy atom. The Kier molecular flexibility index (Phi) is 8.57. The molecule has 1 N–H and O–H groups in total. The molecule has 0 aliphatic carbocycles. The van der Waals surface area contributed by atoms with Crippen LogP contribution in [0.25, 0.3) is 0 Å². The van der Waals surface area contributed by atoms with Crippen LogP contribution in [0.15, 0.2) is 0 Å². The molecule has 1 atom stereocenters. The van der Waals surface area contributed by atoms with Gasteiger partial charge in [-0.3, -0.25) is 0 Å². The molecule has 0 amide bonds. The molecule has 0 aliphatic heterocycles. The second-order valence-electron chi connectivity index (χ2n) is 5.21. The topological polar surface area (TPSA) is 28.2 Å². The maximum absolute atomic E-state index is 4.91. The first kappa shape index (κ1) is 17.8. The molecule has 1 aromatic heterocycles. The zero-order valence-corrected chi connectivity index (χ0v) is 15.2. The van der Waals surface area contributed by atoms with Gasteiger partial charge >= 0.3 is 0 Å². The molecular formula is C15H29N3S2. The van der Waals surface area contributed by atoms with Crippen molar-refractivity contribution in [1.29, 1.82) is 0 Å². The van der Waals surface area contributed by atoms with Crippen LogP contribution in [0.4, 0.5) is 5.13 Å². The van der Waals surface area contributed by atoms with Crippen LogP contribution >= 0.6 is 23.1 Å². The largest absolute Gasteiger partial charge is 0.350 e. The van der Waals surface area contributed by atoms with Gasteiger partial charge in [0.2, 0.25) is 0 Å². The number of anilines is 1. The van der Waals surface area contributed by atoms with E-state index in [0.717, 1.165) is 31.8 Å². The predicted octanol–water partition coefficient (Wildman–Crippen LogP) is 3.96. The van der Waals surface area contributed by atoms with Gasteiger partial charge in [0.1, 0.15) is 0 Å². The highest BCUT2D eigenvalue weighted by molar-refractivity contribution is 7.98. The van der Waals surface area contributed by atoms with Gasteiger partial charge in [0.25, 0.3) is 0 Å². The fourth-order valence-electron chi connectivity index (χ4n) is 1.92. The van der Waals surface area contributed by atoms with E-state index in [-0.39, 0.29) is 0 Å². The van der Waals surface area contributed by atoms with E-state index in [1.165, 1.54) is 22.1 Å². The lowest BCUT2D eigenvalue weighted by Gasteiger charge is -2.14. The molecule has 0 spiro atoms. The first-order valence-corrected chi connectivity index (χ1v) is 9.75. The summed E-state index contributed by atoms with van der Waals surface area (Å²) in [6, 6.07) is 0. The van der Waals surface area contributed by atoms with E-state index in [0.29, 0.717) is 5.92 Å². The van der Waals surface area contributed by atoms with Crippen molar-refractivity contribution in [3.05, 3.63) is 10.6 Å². The summed E-state index contributed by atoms with van der Waals surface area (Å²) in [5.74, 6) is 1.70. The summed E-state index contributed by atoms with van der Waals surface area (Å²) in [4.78, 5) is 8.61. The Morgan fingerprint density at radius 3 is 2.75 bits per heavy atom. The van der Waals surface area contributed by atoms with Crippen molar-refractivity contribution in [3.8, 4) is 0 Å². The van der Waals surface area contributed by atoms with E-state index in [1.807, 2.05) is 23.1 Å². The highest BCUT2D eigenvalue weighted by atomic mass is 32.2. The highest BCUT2D eigenvalue weighted by Gasteiger charge is 2.17. The molecule has 0 saturated heterocycles. The second-order valence-corrected chi connectivity index (χ2v) is 7.25. The molecule has 20 heavy (non-hydrogen) atoms. The number of thiazole rings is 1. The molecular weight excluding hydrogens is 286 g/mol. The molecule has 1 heterocycles. The molecule has 1 aromatic rings. The van der Waals surface area contributed by atoms with E-state index in [4.69, 9.17) is 4.98 Å². The molecule has 0 aromatic carbocycles. The van der Waals surface area contributed by atoms with Crippen LogP contribution in [-0.4, -0.2) is 37.1 Å². The summed E-state index contributed by atoms with van der Waals surface area (Å²) in [5, 5.41) is 4.68. The lowest BCUT2D eigenvalue weighted by Crippen LogP contribution is -2.19. The molecule has 1 unspecified atom stereocenters. The molecule has 116 valence electrons. The van der Waals surface area contributed by atoms with Gasteiger partial charge in [-0.05, 0) is 31.6 Å². The standard InChI is InChI=1S/C15H29N3S2/c1-6-8-16-11-13-14(12(3)7-2)17-15(20-13)18(4)9-10-19-5/h12,16H,6-11H2,1-5H3. The van der Waals surface area contributed by atoms with Crippen LogP contribution in [0.1, 0.15) is 50.1 Å². The van der Waals surface area contributed by atoms with Crippen molar-refractivity contribution < 1.29 is 0 Å². The maximum atomic E-state index is 4.91. The Morgan fingerprint density at radius 2 is 2.15 bits per heavy atom. The predicted molar refractivity (Wildman–Crippen MR) is 94.5 cm³/mol. The molecule has 5 heteroatoms. The molecule has 0 aliphatic rings. The Balaban J connectivity index is 2.81. The van der Waals surface area contributed by atoms with Crippen molar-refractivity contribution >= 4 is 28.2 Å². The van der Waals surface area contributed by atoms with E-state index < -0.39 is 0 Å². The van der Waals surface area contributed by atoms with E-state index in [1.54, 1.807) is 0 Å². The van der Waals surface area contributed by atoms with Crippen LogP contribution < -0.4 is 10.2 Å². The molecule has 0 radical (unpaired) electrons. The number of hydrogen-bond donors (Lipinski definition) is 1. The van der Waals surface area contributed by atoms with Crippen LogP contribution in [0.3, 0.4) is 0 Å². The average molecular weight is 316 g/mol. The SMILES string of the molecule is CCCNCc1sc(N(C)CCSC)nc1C(C)CC. The van der Waals surface area contributed by atoms with Crippen LogP contribution in [0.5, 0.6) is 0 Å². The summed E-state index contributed by atoms with van der Waals surface area (Å²) < 4.78 is 0. The van der Waals surface area contributed by atoms with Gasteiger partial charge in [-0.25, -0.2) is 4.98 Å². The van der Waals surface area contributed by atoms with Crippen molar-refractivity contribution in [2.45, 2.75) is 46.1 Å². The minimum Gasteiger partial charge on any atom is -0.350 e. The Labute approximate surface area is 132 Å². The van der Waals surface area contributed by atoms with E-state index >= 15 is 0 Å². The van der Waals surface area contributed by atoms with Crippen molar-refractivity contribution in [2.75, 3.05) is 37.0 Å². The molecule has 0 saturated carbocycles. The number of aromatic nitrogens is 1. The van der Waals surface area contributed by atoms with Crippen LogP contribution in [0, 0.1) is 0 Å². The summed E-state index contributed by atoms with van der Waals surface area (Å²) in [7, 11) is 2.15. The van der Waals surface area contributed by atoms with Gasteiger partial charge in [0.15, 0.2) is 5.13 Å². The zero-order chi connectivity index (χ0) is 15.0. The average Bonchev–Trinajstić information content (AvgIpc) is 2.88. The maximum Gasteiger partial charge on any atom is 0.185 e. The Bertz CT molecular complexity index is 379. The number of hydrogen-bond acceptors (Lipinski definition) is 5. The lowest BCUT2D eigenvalue weighted by molar-refractivity contribution is 0.655. The minimum atomic E-state index is 0.548. The normalized spacial score (nSPS) is 12.7. The first-order chi connectivity index (χ1) is 9.63. The molecule has 0 fully saturated rings. The van der Waals surface area contributed by atoms with Gasteiger partial charge in [-0.2, -0.15) is 11.8 Å². The number of thioether (sulfide) groups is 1. The third-order valence-electron chi connectivity index (χ3n) is 3.47. The first-order valence-electron chi connectivity index (χ1n) is 7.54. The number of rotatable bonds is 10. The summed E-state index contributed by atoms with van der Waals surface area (Å²) >= 11 is 3.74. The fraction of sp³-hybridized carbons (Fsp3) is 0.800. The molecule has 0 bridgehead atoms. The Hall–Kier alpha value is -0.260. The summed E-state index contributed by atoms with van der Waals surface area (Å²) in [6.07, 6.45) is 4.48. The van der Waals surface area contributed by atoms with Gasteiger partial charge in [0, 0.05) is 30.8 Å². The smallest absolute Gasteiger partial charge is 0.185 e. The molecule has 1 rings (SSSR count). The second kappa shape index (κ2) is 9.64. The fourth-order valence-corrected chi connectivity index (χ4v) is 3.52. The highest BCUT2D eigenvalue weighted by Crippen LogP contribution is 2.31. The quantitative estimate of drug-likeness (QED) is 0.662. The van der Waals surface area contributed by atoms with Crippen LogP contribution in [-0.2, 0) is 6.54 Å². The lowest BCUT2D eigenvalue weighted by atomic mass is 10.0. The van der Waals surface area contributed by atoms with E-state index in [2.05, 4.69) is 44.3 Å². The summed E-state index contributed by atoms with van der Waals surface area (Å²) in [6.45, 7) is 9.83. The zero-order valence-electron chi connectivity index (χ0n) is 13.5. The third kappa shape index (κ3) is 5.26. The van der Waals surface area contributed by atoms with Gasteiger partial charge < -0.3 is 10.2 Å². The van der Waals surface area contributed by atoms with Gasteiger partial charge in [-0.15, -0.1) is 11.3 Å². The third-order valence-corrected chi connectivity index (χ3v) is 5.24. The minimum absolute atomic E-state index is 0.548. The molecule has 3 nitrogen and oxygen atoms in total. The summed E-state index contributed by atoms with van der Waals surface area (Å²) in [5.41, 5.74) is 1.30. The van der Waals surface area contributed by atoms with Gasteiger partial charge in [0.05, 0.1) is 5.69 Å². The monoisotopic (exact) mass is 315 g/mol. The van der Waals surface area contributed by atoms with Gasteiger partial charge in [-0.1, -0.05) is 20.8 Å².